The molecule has 0 saturated heterocycles. The van der Waals surface area contributed by atoms with Gasteiger partial charge in [0.2, 0.25) is 5.91 Å². The fraction of sp³-hybridized carbons (Fsp3) is 0.273. The van der Waals surface area contributed by atoms with Crippen LogP contribution in [0.4, 0.5) is 5.69 Å². The summed E-state index contributed by atoms with van der Waals surface area (Å²) in [6.45, 7) is 1.64. The van der Waals surface area contributed by atoms with Crippen LogP contribution in [-0.2, 0) is 28.9 Å². The number of carbonyl (C=O) groups is 2. The number of aliphatic carboxylic acids is 1. The SMILES string of the molecule is CC(C(=O)O)c1ccc(NC(=O)Cc2coc3cc4c(cc23)CCC4)cc1. The summed E-state index contributed by atoms with van der Waals surface area (Å²) >= 11 is 0. The molecule has 2 N–H and O–H groups in total. The van der Waals surface area contributed by atoms with Gasteiger partial charge in [-0.25, -0.2) is 0 Å². The van der Waals surface area contributed by atoms with Gasteiger partial charge in [-0.05, 0) is 67.1 Å². The van der Waals surface area contributed by atoms with Crippen LogP contribution in [0.1, 0.15) is 41.5 Å². The zero-order chi connectivity index (χ0) is 19.0. The fourth-order valence-corrected chi connectivity index (χ4v) is 3.66. The fourth-order valence-electron chi connectivity index (χ4n) is 3.66. The Kier molecular flexibility index (Phi) is 4.44. The number of furan rings is 1. The van der Waals surface area contributed by atoms with Gasteiger partial charge in [-0.3, -0.25) is 9.59 Å². The molecule has 0 bridgehead atoms. The summed E-state index contributed by atoms with van der Waals surface area (Å²) < 4.78 is 5.65. The van der Waals surface area contributed by atoms with E-state index in [1.807, 2.05) is 0 Å². The molecule has 0 saturated carbocycles. The zero-order valence-electron chi connectivity index (χ0n) is 15.1. The number of rotatable bonds is 5. The second-order valence-corrected chi connectivity index (χ2v) is 7.14. The van der Waals surface area contributed by atoms with Gasteiger partial charge in [-0.2, -0.15) is 0 Å². The van der Waals surface area contributed by atoms with E-state index in [-0.39, 0.29) is 12.3 Å². The maximum absolute atomic E-state index is 12.4. The number of hydrogen-bond acceptors (Lipinski definition) is 3. The average Bonchev–Trinajstić information content (AvgIpc) is 3.26. The van der Waals surface area contributed by atoms with Crippen LogP contribution in [0.5, 0.6) is 0 Å². The lowest BCUT2D eigenvalue weighted by Crippen LogP contribution is -2.14. The van der Waals surface area contributed by atoms with Crippen molar-refractivity contribution >= 4 is 28.5 Å². The summed E-state index contributed by atoms with van der Waals surface area (Å²) in [5.74, 6) is -1.57. The molecule has 3 aromatic rings. The minimum absolute atomic E-state index is 0.128. The predicted octanol–water partition coefficient (Wildman–Crippen LogP) is 4.29. The number of amides is 1. The van der Waals surface area contributed by atoms with Gasteiger partial charge in [0.1, 0.15) is 5.58 Å². The number of fused-ring (bicyclic) bond motifs is 2. The number of nitrogens with one attached hydrogen (secondary N) is 1. The van der Waals surface area contributed by atoms with Crippen LogP contribution in [0.2, 0.25) is 0 Å². The van der Waals surface area contributed by atoms with Crippen molar-refractivity contribution < 1.29 is 19.1 Å². The lowest BCUT2D eigenvalue weighted by molar-refractivity contribution is -0.138. The Balaban J connectivity index is 1.47. The Hall–Kier alpha value is -3.08. The molecule has 1 amide bonds. The van der Waals surface area contributed by atoms with E-state index < -0.39 is 11.9 Å². The number of benzene rings is 2. The standard InChI is InChI=1S/C22H21NO4/c1-13(22(25)26)14-5-7-18(8-6-14)23-21(24)11-17-12-27-20-10-16-4-2-3-15(16)9-19(17)20/h5-10,12-13H,2-4,11H2,1H3,(H,23,24)(H,25,26). The highest BCUT2D eigenvalue weighted by Gasteiger charge is 2.17. The first-order valence-corrected chi connectivity index (χ1v) is 9.16. The van der Waals surface area contributed by atoms with Crippen LogP contribution in [-0.4, -0.2) is 17.0 Å². The minimum atomic E-state index is -0.870. The van der Waals surface area contributed by atoms with Gasteiger partial charge < -0.3 is 14.8 Å². The number of hydrogen-bond donors (Lipinski definition) is 2. The van der Waals surface area contributed by atoms with Crippen LogP contribution < -0.4 is 5.32 Å². The molecule has 0 radical (unpaired) electrons. The van der Waals surface area contributed by atoms with Crippen molar-refractivity contribution in [3.05, 3.63) is 64.9 Å². The molecular formula is C22H21NO4. The third-order valence-corrected chi connectivity index (χ3v) is 5.28. The maximum atomic E-state index is 12.4. The first-order valence-electron chi connectivity index (χ1n) is 9.16. The Morgan fingerprint density at radius 3 is 2.56 bits per heavy atom. The largest absolute Gasteiger partial charge is 0.481 e. The van der Waals surface area contributed by atoms with Crippen molar-refractivity contribution in [1.29, 1.82) is 0 Å². The second kappa shape index (κ2) is 6.91. The summed E-state index contributed by atoms with van der Waals surface area (Å²) in [4.78, 5) is 23.5. The Morgan fingerprint density at radius 1 is 1.15 bits per heavy atom. The molecule has 1 aliphatic carbocycles. The smallest absolute Gasteiger partial charge is 0.310 e. The topological polar surface area (TPSA) is 79.5 Å². The Bertz CT molecular complexity index is 1020. The molecule has 1 unspecified atom stereocenters. The summed E-state index contributed by atoms with van der Waals surface area (Å²) in [5.41, 5.74) is 5.78. The summed E-state index contributed by atoms with van der Waals surface area (Å²) in [6, 6.07) is 11.2. The van der Waals surface area contributed by atoms with Crippen LogP contribution in [0.3, 0.4) is 0 Å². The van der Waals surface area contributed by atoms with E-state index in [0.29, 0.717) is 11.3 Å². The molecule has 138 valence electrons. The van der Waals surface area contributed by atoms with Crippen molar-refractivity contribution in [2.75, 3.05) is 5.32 Å². The van der Waals surface area contributed by atoms with Gasteiger partial charge in [-0.1, -0.05) is 12.1 Å². The van der Waals surface area contributed by atoms with Gasteiger partial charge in [-0.15, -0.1) is 0 Å². The Morgan fingerprint density at radius 2 is 1.85 bits per heavy atom. The molecule has 4 rings (SSSR count). The van der Waals surface area contributed by atoms with Gasteiger partial charge >= 0.3 is 5.97 Å². The van der Waals surface area contributed by atoms with Crippen LogP contribution >= 0.6 is 0 Å². The van der Waals surface area contributed by atoms with Crippen molar-refractivity contribution in [3.8, 4) is 0 Å². The van der Waals surface area contributed by atoms with E-state index in [1.54, 1.807) is 37.5 Å². The van der Waals surface area contributed by atoms with Crippen LogP contribution in [0.15, 0.2) is 47.1 Å². The second-order valence-electron chi connectivity index (χ2n) is 7.14. The van der Waals surface area contributed by atoms with Gasteiger partial charge in [0.25, 0.3) is 0 Å². The number of aryl methyl sites for hydroxylation is 2. The first-order chi connectivity index (χ1) is 13.0. The molecule has 1 heterocycles. The quantitative estimate of drug-likeness (QED) is 0.709. The molecule has 0 fully saturated rings. The van der Waals surface area contributed by atoms with E-state index in [2.05, 4.69) is 17.4 Å². The highest BCUT2D eigenvalue weighted by atomic mass is 16.4. The third-order valence-electron chi connectivity index (χ3n) is 5.28. The molecule has 5 heteroatoms. The van der Waals surface area contributed by atoms with Gasteiger partial charge in [0.15, 0.2) is 0 Å². The van der Waals surface area contributed by atoms with Gasteiger partial charge in [0, 0.05) is 16.6 Å². The van der Waals surface area contributed by atoms with Crippen molar-refractivity contribution in [1.82, 2.24) is 0 Å². The molecule has 1 aliphatic rings. The normalized spacial score (nSPS) is 14.1. The van der Waals surface area contributed by atoms with E-state index in [4.69, 9.17) is 9.52 Å². The molecule has 5 nitrogen and oxygen atoms in total. The number of carbonyl (C=O) groups excluding carboxylic acids is 1. The lowest BCUT2D eigenvalue weighted by Gasteiger charge is -2.09. The molecule has 0 aliphatic heterocycles. The molecule has 2 aromatic carbocycles. The van der Waals surface area contributed by atoms with E-state index in [1.165, 1.54) is 17.5 Å². The summed E-state index contributed by atoms with van der Waals surface area (Å²) in [6.07, 6.45) is 5.26. The van der Waals surface area contributed by atoms with Crippen molar-refractivity contribution in [2.24, 2.45) is 0 Å². The first kappa shape index (κ1) is 17.3. The maximum Gasteiger partial charge on any atom is 0.310 e. The van der Waals surface area contributed by atoms with Crippen molar-refractivity contribution in [3.63, 3.8) is 0 Å². The number of carboxylic acid groups (broad SMARTS) is 1. The monoisotopic (exact) mass is 363 g/mol. The van der Waals surface area contributed by atoms with E-state index in [0.717, 1.165) is 29.4 Å². The summed E-state index contributed by atoms with van der Waals surface area (Å²) in [7, 11) is 0. The van der Waals surface area contributed by atoms with Crippen LogP contribution in [0, 0.1) is 0 Å². The number of anilines is 1. The molecule has 1 aromatic heterocycles. The minimum Gasteiger partial charge on any atom is -0.481 e. The highest BCUT2D eigenvalue weighted by molar-refractivity contribution is 5.95. The molecule has 0 spiro atoms. The average molecular weight is 363 g/mol. The molecule has 27 heavy (non-hydrogen) atoms. The molecule has 1 atom stereocenters. The predicted molar refractivity (Wildman–Crippen MR) is 103 cm³/mol. The highest BCUT2D eigenvalue weighted by Crippen LogP contribution is 2.30. The van der Waals surface area contributed by atoms with Crippen molar-refractivity contribution in [2.45, 2.75) is 38.5 Å². The Labute approximate surface area is 157 Å². The number of carboxylic acids is 1. The zero-order valence-corrected chi connectivity index (χ0v) is 15.1. The molecular weight excluding hydrogens is 342 g/mol. The van der Waals surface area contributed by atoms with Crippen LogP contribution in [0.25, 0.3) is 11.0 Å². The van der Waals surface area contributed by atoms with E-state index in [9.17, 15) is 9.59 Å². The lowest BCUT2D eigenvalue weighted by atomic mass is 10.0. The van der Waals surface area contributed by atoms with Gasteiger partial charge in [0.05, 0.1) is 18.6 Å². The summed E-state index contributed by atoms with van der Waals surface area (Å²) in [5, 5.41) is 12.9. The third kappa shape index (κ3) is 3.45. The van der Waals surface area contributed by atoms with E-state index >= 15 is 0 Å².